The van der Waals surface area contributed by atoms with E-state index < -0.39 is 25.4 Å². The van der Waals surface area contributed by atoms with E-state index in [0.717, 1.165) is 0 Å². The number of rotatable bonds is 2. The number of halogens is 8. The molecule has 0 aromatic carbocycles. The van der Waals surface area contributed by atoms with Gasteiger partial charge < -0.3 is 12.9 Å². The zero-order valence-corrected chi connectivity index (χ0v) is 5.31. The highest BCUT2D eigenvalue weighted by Gasteiger charge is 2.59. The van der Waals surface area contributed by atoms with Gasteiger partial charge in [-0.2, -0.15) is 22.0 Å². The van der Waals surface area contributed by atoms with Crippen LogP contribution in [0.3, 0.4) is 0 Å². The zero-order chi connectivity index (χ0) is 10.2. The van der Waals surface area contributed by atoms with E-state index in [1.165, 1.54) is 0 Å². The largest absolute Gasteiger partial charge is 0.484 e. The molecule has 0 saturated heterocycles. The van der Waals surface area contributed by atoms with Crippen LogP contribution in [0.15, 0.2) is 0 Å². The molecule has 12 heavy (non-hydrogen) atoms. The van der Waals surface area contributed by atoms with Gasteiger partial charge in [-0.05, 0) is 6.32 Å². The van der Waals surface area contributed by atoms with Gasteiger partial charge >= 0.3 is 19.1 Å². The molecule has 0 N–H and O–H groups in total. The van der Waals surface area contributed by atoms with Crippen molar-refractivity contribution in [1.29, 1.82) is 0 Å². The number of hydrogen-bond acceptors (Lipinski definition) is 0. The van der Waals surface area contributed by atoms with Gasteiger partial charge in [0.1, 0.15) is 0 Å². The summed E-state index contributed by atoms with van der Waals surface area (Å²) in [6.45, 7) is -6.13. The smallest absolute Gasteiger partial charge is 0.449 e. The second-order valence-electron chi connectivity index (χ2n) is 2.12. The third kappa shape index (κ3) is 3.27. The molecule has 0 aromatic heterocycles. The quantitative estimate of drug-likeness (QED) is 0.475. The van der Waals surface area contributed by atoms with Crippen LogP contribution >= 0.6 is 0 Å². The van der Waals surface area contributed by atoms with Crippen molar-refractivity contribution in [3.8, 4) is 0 Å². The van der Waals surface area contributed by atoms with Crippen LogP contribution in [0, 0.1) is 0 Å². The molecule has 0 nitrogen and oxygen atoms in total. The van der Waals surface area contributed by atoms with Gasteiger partial charge in [0.05, 0.1) is 0 Å². The van der Waals surface area contributed by atoms with Crippen LogP contribution in [-0.4, -0.2) is 19.1 Å². The van der Waals surface area contributed by atoms with Crippen molar-refractivity contribution in [2.75, 3.05) is 0 Å². The Morgan fingerprint density at radius 3 is 1.25 bits per heavy atom. The molecule has 0 fully saturated rings. The van der Waals surface area contributed by atoms with Gasteiger partial charge in [-0.3, -0.25) is 0 Å². The molecular formula is C3H2BF8-. The SMILES string of the molecule is F[B-](F)(F)CC(F)(F)C(F)(F)F. The van der Waals surface area contributed by atoms with Gasteiger partial charge in [0.15, 0.2) is 0 Å². The van der Waals surface area contributed by atoms with Crippen molar-refractivity contribution in [1.82, 2.24) is 0 Å². The third-order valence-corrected chi connectivity index (χ3v) is 0.903. The molecule has 0 atom stereocenters. The first-order chi connectivity index (χ1) is 4.96. The first-order valence-corrected chi connectivity index (χ1v) is 2.61. The Morgan fingerprint density at radius 2 is 1.17 bits per heavy atom. The summed E-state index contributed by atoms with van der Waals surface area (Å²) < 4.78 is 90.1. The highest BCUT2D eigenvalue weighted by atomic mass is 19.4. The maximum absolute atomic E-state index is 11.6. The van der Waals surface area contributed by atoms with Crippen molar-refractivity contribution in [2.24, 2.45) is 0 Å². The molecule has 0 radical (unpaired) electrons. The molecule has 0 aliphatic heterocycles. The monoisotopic (exact) mass is 201 g/mol. The molecular weight excluding hydrogens is 199 g/mol. The summed E-state index contributed by atoms with van der Waals surface area (Å²) in [4.78, 5) is 0. The van der Waals surface area contributed by atoms with E-state index in [1.807, 2.05) is 0 Å². The van der Waals surface area contributed by atoms with Crippen LogP contribution in [0.5, 0.6) is 0 Å². The Balaban J connectivity index is 4.44. The van der Waals surface area contributed by atoms with Crippen LogP contribution < -0.4 is 0 Å². The van der Waals surface area contributed by atoms with E-state index in [0.29, 0.717) is 0 Å². The fourth-order valence-corrected chi connectivity index (χ4v) is 0.406. The summed E-state index contributed by atoms with van der Waals surface area (Å²) in [6.07, 6.45) is -9.25. The molecule has 0 bridgehead atoms. The van der Waals surface area contributed by atoms with E-state index in [-0.39, 0.29) is 0 Å². The van der Waals surface area contributed by atoms with E-state index in [2.05, 4.69) is 0 Å². The van der Waals surface area contributed by atoms with E-state index in [1.54, 1.807) is 0 Å². The van der Waals surface area contributed by atoms with E-state index in [4.69, 9.17) is 0 Å². The lowest BCUT2D eigenvalue weighted by molar-refractivity contribution is -0.275. The van der Waals surface area contributed by atoms with Crippen molar-refractivity contribution in [2.45, 2.75) is 18.4 Å². The van der Waals surface area contributed by atoms with E-state index in [9.17, 15) is 34.9 Å². The van der Waals surface area contributed by atoms with Gasteiger partial charge in [0.2, 0.25) is 0 Å². The molecule has 0 spiro atoms. The Kier molecular flexibility index (Phi) is 2.66. The lowest BCUT2D eigenvalue weighted by Gasteiger charge is -2.24. The highest BCUT2D eigenvalue weighted by molar-refractivity contribution is 6.58. The standard InChI is InChI=1S/C3H2BF8/c5-2(6,3(7,8)9)1-4(10,11)12/h1H2/q-1. The summed E-state index contributed by atoms with van der Waals surface area (Å²) in [5, 5.41) is 0. The van der Waals surface area contributed by atoms with E-state index >= 15 is 0 Å². The average molecular weight is 201 g/mol. The molecule has 9 heteroatoms. The normalized spacial score (nSPS) is 15.0. The summed E-state index contributed by atoms with van der Waals surface area (Å²) in [5.74, 6) is -5.68. The second-order valence-corrected chi connectivity index (χ2v) is 2.12. The lowest BCUT2D eigenvalue weighted by Crippen LogP contribution is -2.41. The van der Waals surface area contributed by atoms with Crippen LogP contribution in [0.25, 0.3) is 0 Å². The van der Waals surface area contributed by atoms with Gasteiger partial charge in [0, 0.05) is 0 Å². The minimum absolute atomic E-state index is 3.11. The van der Waals surface area contributed by atoms with Crippen molar-refractivity contribution >= 4 is 6.98 Å². The number of hydrogen-bond donors (Lipinski definition) is 0. The average Bonchev–Trinajstić information content (AvgIpc) is 1.52. The highest BCUT2D eigenvalue weighted by Crippen LogP contribution is 2.42. The van der Waals surface area contributed by atoms with Crippen molar-refractivity contribution in [3.05, 3.63) is 0 Å². The Hall–Kier alpha value is -0.495. The maximum atomic E-state index is 11.6. The minimum Gasteiger partial charge on any atom is -0.449 e. The molecule has 0 rings (SSSR count). The first kappa shape index (κ1) is 11.5. The summed E-state index contributed by atoms with van der Waals surface area (Å²) in [5.41, 5.74) is 0. The van der Waals surface area contributed by atoms with Gasteiger partial charge in [-0.15, -0.1) is 0 Å². The molecule has 0 heterocycles. The van der Waals surface area contributed by atoms with Crippen LogP contribution in [0.4, 0.5) is 34.9 Å². The van der Waals surface area contributed by atoms with Gasteiger partial charge in [-0.25, -0.2) is 0 Å². The van der Waals surface area contributed by atoms with Crippen LogP contribution in [0.2, 0.25) is 6.32 Å². The Bertz CT molecular complexity index is 153. The summed E-state index contributed by atoms with van der Waals surface area (Å²) in [6, 6.07) is 0. The Morgan fingerprint density at radius 1 is 0.833 bits per heavy atom. The topological polar surface area (TPSA) is 0 Å². The van der Waals surface area contributed by atoms with Crippen LogP contribution in [0.1, 0.15) is 0 Å². The predicted molar refractivity (Wildman–Crippen MR) is 24.9 cm³/mol. The zero-order valence-electron chi connectivity index (χ0n) is 5.31. The van der Waals surface area contributed by atoms with Crippen LogP contribution in [-0.2, 0) is 0 Å². The van der Waals surface area contributed by atoms with Gasteiger partial charge in [-0.1, -0.05) is 0 Å². The second kappa shape index (κ2) is 2.77. The lowest BCUT2D eigenvalue weighted by atomic mass is 9.82. The summed E-state index contributed by atoms with van der Waals surface area (Å²) in [7, 11) is 0. The third-order valence-electron chi connectivity index (χ3n) is 0.903. The van der Waals surface area contributed by atoms with Crippen molar-refractivity contribution in [3.63, 3.8) is 0 Å². The number of alkyl halides is 5. The summed E-state index contributed by atoms with van der Waals surface area (Å²) >= 11 is 0. The maximum Gasteiger partial charge on any atom is 0.484 e. The molecule has 0 aromatic rings. The van der Waals surface area contributed by atoms with Gasteiger partial charge in [0.25, 0.3) is 0 Å². The molecule has 0 amide bonds. The molecule has 0 aliphatic rings. The molecule has 0 aliphatic carbocycles. The predicted octanol–water partition coefficient (Wildman–Crippen LogP) is 3.03. The first-order valence-electron chi connectivity index (χ1n) is 2.61. The minimum atomic E-state index is -6.13. The van der Waals surface area contributed by atoms with Crippen molar-refractivity contribution < 1.29 is 34.9 Å². The fourth-order valence-electron chi connectivity index (χ4n) is 0.406. The fraction of sp³-hybridized carbons (Fsp3) is 1.00. The molecule has 0 unspecified atom stereocenters. The Labute approximate surface area is 61.6 Å². The molecule has 74 valence electrons. The molecule has 0 saturated carbocycles.